The Morgan fingerprint density at radius 1 is 1.44 bits per heavy atom. The first-order valence-corrected chi connectivity index (χ1v) is 5.47. The molecule has 0 heterocycles. The Morgan fingerprint density at radius 3 is 2.25 bits per heavy atom. The van der Waals surface area contributed by atoms with Crippen LogP contribution < -0.4 is 5.32 Å². The molecule has 0 spiro atoms. The van der Waals surface area contributed by atoms with E-state index in [1.54, 1.807) is 20.8 Å². The minimum absolute atomic E-state index is 0.0977. The summed E-state index contributed by atoms with van der Waals surface area (Å²) in [5, 5.41) is 12.3. The predicted octanol–water partition coefficient (Wildman–Crippen LogP) is 2.08. The Morgan fingerprint density at radius 2 is 1.94 bits per heavy atom. The second-order valence-electron chi connectivity index (χ2n) is 5.14. The zero-order valence-electron chi connectivity index (χ0n) is 10.8. The van der Waals surface area contributed by atoms with Crippen molar-refractivity contribution in [2.75, 3.05) is 0 Å². The molecule has 2 atom stereocenters. The summed E-state index contributed by atoms with van der Waals surface area (Å²) in [5.74, 6) is 0.0977. The first-order chi connectivity index (χ1) is 7.17. The maximum atomic E-state index is 11.5. The highest BCUT2D eigenvalue weighted by Gasteiger charge is 2.25. The topological polar surface area (TPSA) is 58.6 Å². The highest BCUT2D eigenvalue weighted by molar-refractivity contribution is 5.68. The van der Waals surface area contributed by atoms with Crippen molar-refractivity contribution in [3.8, 4) is 0 Å². The van der Waals surface area contributed by atoms with Gasteiger partial charge in [0.1, 0.15) is 5.60 Å². The lowest BCUT2D eigenvalue weighted by Crippen LogP contribution is -2.47. The third-order valence-electron chi connectivity index (χ3n) is 2.01. The fraction of sp³-hybridized carbons (Fsp3) is 0.750. The Labute approximate surface area is 97.7 Å². The van der Waals surface area contributed by atoms with Gasteiger partial charge in [-0.25, -0.2) is 4.79 Å². The van der Waals surface area contributed by atoms with E-state index in [-0.39, 0.29) is 12.0 Å². The number of nitrogens with one attached hydrogen (secondary N) is 1. The molecule has 0 aromatic rings. The van der Waals surface area contributed by atoms with E-state index in [2.05, 4.69) is 11.9 Å². The number of amides is 1. The summed E-state index contributed by atoms with van der Waals surface area (Å²) < 4.78 is 5.12. The van der Waals surface area contributed by atoms with E-state index in [4.69, 9.17) is 4.74 Å². The van der Waals surface area contributed by atoms with E-state index in [1.807, 2.05) is 13.8 Å². The van der Waals surface area contributed by atoms with Crippen LogP contribution in [-0.4, -0.2) is 28.9 Å². The molecule has 0 radical (unpaired) electrons. The van der Waals surface area contributed by atoms with Crippen LogP contribution in [0.1, 0.15) is 34.6 Å². The van der Waals surface area contributed by atoms with E-state index in [1.165, 1.54) is 6.08 Å². The number of alkyl carbamates (subject to hydrolysis) is 1. The minimum atomic E-state index is -0.771. The van der Waals surface area contributed by atoms with Crippen LogP contribution >= 0.6 is 0 Å². The zero-order valence-corrected chi connectivity index (χ0v) is 10.8. The number of hydrogen-bond acceptors (Lipinski definition) is 3. The summed E-state index contributed by atoms with van der Waals surface area (Å²) >= 11 is 0. The number of ether oxygens (including phenoxy) is 1. The summed E-state index contributed by atoms with van der Waals surface area (Å²) in [7, 11) is 0. The summed E-state index contributed by atoms with van der Waals surface area (Å²) in [5.41, 5.74) is -0.537. The van der Waals surface area contributed by atoms with Gasteiger partial charge in [0.25, 0.3) is 0 Å². The number of aliphatic hydroxyl groups is 1. The molecule has 0 bridgehead atoms. The van der Waals surface area contributed by atoms with Gasteiger partial charge in [-0.2, -0.15) is 0 Å². The van der Waals surface area contributed by atoms with Gasteiger partial charge >= 0.3 is 6.09 Å². The fourth-order valence-electron chi connectivity index (χ4n) is 1.24. The number of rotatable bonds is 4. The van der Waals surface area contributed by atoms with Crippen LogP contribution in [0, 0.1) is 5.92 Å². The van der Waals surface area contributed by atoms with Crippen molar-refractivity contribution in [2.24, 2.45) is 5.92 Å². The van der Waals surface area contributed by atoms with E-state index in [9.17, 15) is 9.90 Å². The van der Waals surface area contributed by atoms with Crippen molar-refractivity contribution in [2.45, 2.75) is 52.4 Å². The van der Waals surface area contributed by atoms with Gasteiger partial charge in [0.2, 0.25) is 0 Å². The molecule has 94 valence electrons. The number of aliphatic hydroxyl groups excluding tert-OH is 1. The van der Waals surface area contributed by atoms with Crippen LogP contribution in [0.25, 0.3) is 0 Å². The maximum absolute atomic E-state index is 11.5. The Balaban J connectivity index is 4.41. The third kappa shape index (κ3) is 5.75. The largest absolute Gasteiger partial charge is 0.444 e. The molecule has 0 fully saturated rings. The Bertz CT molecular complexity index is 243. The van der Waals surface area contributed by atoms with Gasteiger partial charge in [-0.15, -0.1) is 6.58 Å². The second-order valence-corrected chi connectivity index (χ2v) is 5.14. The number of hydrogen-bond donors (Lipinski definition) is 2. The zero-order chi connectivity index (χ0) is 12.9. The second kappa shape index (κ2) is 5.89. The van der Waals surface area contributed by atoms with Crippen LogP contribution in [-0.2, 0) is 4.74 Å². The molecular weight excluding hydrogens is 206 g/mol. The Kier molecular flexibility index (Phi) is 5.51. The quantitative estimate of drug-likeness (QED) is 0.726. The van der Waals surface area contributed by atoms with Crippen LogP contribution in [0.5, 0.6) is 0 Å². The van der Waals surface area contributed by atoms with E-state index < -0.39 is 17.8 Å². The lowest BCUT2D eigenvalue weighted by atomic mass is 9.99. The predicted molar refractivity (Wildman–Crippen MR) is 64.2 cm³/mol. The van der Waals surface area contributed by atoms with Gasteiger partial charge in [-0.1, -0.05) is 19.9 Å². The smallest absolute Gasteiger partial charge is 0.407 e. The summed E-state index contributed by atoms with van der Waals surface area (Å²) in [4.78, 5) is 11.5. The van der Waals surface area contributed by atoms with Gasteiger partial charge in [-0.3, -0.25) is 0 Å². The molecule has 2 N–H and O–H groups in total. The average Bonchev–Trinajstić information content (AvgIpc) is 2.09. The first-order valence-electron chi connectivity index (χ1n) is 5.47. The fourth-order valence-corrected chi connectivity index (χ4v) is 1.24. The maximum Gasteiger partial charge on any atom is 0.407 e. The molecule has 0 saturated heterocycles. The molecule has 0 saturated carbocycles. The van der Waals surface area contributed by atoms with Crippen molar-refractivity contribution in [1.29, 1.82) is 0 Å². The van der Waals surface area contributed by atoms with Crippen molar-refractivity contribution >= 4 is 6.09 Å². The van der Waals surface area contributed by atoms with Crippen LogP contribution in [0.3, 0.4) is 0 Å². The Hall–Kier alpha value is -1.03. The van der Waals surface area contributed by atoms with Gasteiger partial charge in [0, 0.05) is 0 Å². The molecule has 0 aromatic heterocycles. The molecule has 4 nitrogen and oxygen atoms in total. The SMILES string of the molecule is C=C[C@H](O)[C@@H](NC(=O)OC(C)(C)C)C(C)C. The third-order valence-corrected chi connectivity index (χ3v) is 2.01. The van der Waals surface area contributed by atoms with E-state index >= 15 is 0 Å². The van der Waals surface area contributed by atoms with Crippen molar-refractivity contribution in [1.82, 2.24) is 5.32 Å². The molecule has 0 aliphatic rings. The molecule has 0 aromatic carbocycles. The standard InChI is InChI=1S/C12H23NO3/c1-7-9(14)10(8(2)3)13-11(15)16-12(4,5)6/h7-10,14H,1H2,2-6H3,(H,13,15)/t9-,10-/m0/s1. The first kappa shape index (κ1) is 15.0. The van der Waals surface area contributed by atoms with E-state index in [0.29, 0.717) is 0 Å². The highest BCUT2D eigenvalue weighted by Crippen LogP contribution is 2.11. The molecule has 4 heteroatoms. The van der Waals surface area contributed by atoms with Crippen LogP contribution in [0.4, 0.5) is 4.79 Å². The van der Waals surface area contributed by atoms with Crippen molar-refractivity contribution in [3.63, 3.8) is 0 Å². The van der Waals surface area contributed by atoms with Crippen molar-refractivity contribution < 1.29 is 14.6 Å². The lowest BCUT2D eigenvalue weighted by molar-refractivity contribution is 0.0423. The molecule has 16 heavy (non-hydrogen) atoms. The molecule has 1 amide bonds. The van der Waals surface area contributed by atoms with Gasteiger partial charge in [0.05, 0.1) is 12.1 Å². The minimum Gasteiger partial charge on any atom is -0.444 e. The van der Waals surface area contributed by atoms with Gasteiger partial charge < -0.3 is 15.2 Å². The monoisotopic (exact) mass is 229 g/mol. The number of carbonyl (C=O) groups excluding carboxylic acids is 1. The van der Waals surface area contributed by atoms with Crippen LogP contribution in [0.15, 0.2) is 12.7 Å². The highest BCUT2D eigenvalue weighted by atomic mass is 16.6. The normalized spacial score (nSPS) is 15.4. The molecule has 0 unspecified atom stereocenters. The molecular formula is C12H23NO3. The molecule has 0 aliphatic carbocycles. The van der Waals surface area contributed by atoms with E-state index in [0.717, 1.165) is 0 Å². The van der Waals surface area contributed by atoms with Gasteiger partial charge in [0.15, 0.2) is 0 Å². The number of carbonyl (C=O) groups is 1. The molecule has 0 aliphatic heterocycles. The molecule has 0 rings (SSSR count). The summed E-state index contributed by atoms with van der Waals surface area (Å²) in [6.45, 7) is 12.7. The van der Waals surface area contributed by atoms with Gasteiger partial charge in [-0.05, 0) is 26.7 Å². The summed E-state index contributed by atoms with van der Waals surface area (Å²) in [6, 6.07) is -0.382. The van der Waals surface area contributed by atoms with Crippen LogP contribution in [0.2, 0.25) is 0 Å². The average molecular weight is 229 g/mol. The summed E-state index contributed by atoms with van der Waals surface area (Å²) in [6.07, 6.45) is 0.113. The lowest BCUT2D eigenvalue weighted by Gasteiger charge is -2.27. The van der Waals surface area contributed by atoms with Crippen molar-refractivity contribution in [3.05, 3.63) is 12.7 Å².